The minimum Gasteiger partial charge on any atom is -0.465 e. The third-order valence-corrected chi connectivity index (χ3v) is 7.80. The van der Waals surface area contributed by atoms with Crippen molar-refractivity contribution in [3.05, 3.63) is 52.3 Å². The van der Waals surface area contributed by atoms with Crippen molar-refractivity contribution in [1.82, 2.24) is 4.98 Å². The van der Waals surface area contributed by atoms with Crippen LogP contribution in [0.25, 0.3) is 11.1 Å². The van der Waals surface area contributed by atoms with Crippen LogP contribution in [0.1, 0.15) is 72.3 Å². The van der Waals surface area contributed by atoms with E-state index in [1.165, 1.54) is 46.9 Å². The third-order valence-electron chi connectivity index (χ3n) is 7.80. The van der Waals surface area contributed by atoms with E-state index in [0.717, 1.165) is 0 Å². The zero-order valence-corrected chi connectivity index (χ0v) is 27.1. The smallest absolute Gasteiger partial charge is 0.357 e. The molecule has 2 aromatic rings. The summed E-state index contributed by atoms with van der Waals surface area (Å²) in [6, 6.07) is 6.20. The van der Waals surface area contributed by atoms with Crippen molar-refractivity contribution in [1.29, 1.82) is 0 Å². The summed E-state index contributed by atoms with van der Waals surface area (Å²) in [5.41, 5.74) is -4.70. The van der Waals surface area contributed by atoms with Gasteiger partial charge in [-0.05, 0) is 64.3 Å². The van der Waals surface area contributed by atoms with Crippen LogP contribution < -0.4 is 0 Å². The summed E-state index contributed by atoms with van der Waals surface area (Å²) in [4.78, 5) is 87.6. The number of benzene rings is 1. The number of carbonyl (C=O) groups excluding carboxylic acids is 6. The summed E-state index contributed by atoms with van der Waals surface area (Å²) in [5.74, 6) is -6.48. The second-order valence-electron chi connectivity index (χ2n) is 10.2. The van der Waals surface area contributed by atoms with E-state index in [0.29, 0.717) is 0 Å². The van der Waals surface area contributed by atoms with Gasteiger partial charge in [0, 0.05) is 24.1 Å². The first-order chi connectivity index (χ1) is 22.0. The van der Waals surface area contributed by atoms with Gasteiger partial charge in [-0.2, -0.15) is 0 Å². The van der Waals surface area contributed by atoms with Crippen LogP contribution in [0.5, 0.6) is 0 Å². The van der Waals surface area contributed by atoms with Crippen molar-refractivity contribution in [3.63, 3.8) is 0 Å². The van der Waals surface area contributed by atoms with Crippen molar-refractivity contribution in [2.75, 3.05) is 40.1 Å². The van der Waals surface area contributed by atoms with E-state index >= 15 is 0 Å². The number of pyridine rings is 1. The second kappa shape index (κ2) is 15.0. The summed E-state index contributed by atoms with van der Waals surface area (Å²) >= 11 is 0. The summed E-state index contributed by atoms with van der Waals surface area (Å²) < 4.78 is 31.9. The monoisotopic (exact) mass is 641 g/mol. The SMILES string of the molecule is CCOC(=O)c1nc(C)c2c(c1-c1ccccc1C(=O)OC)CC(C(=O)OCC)(C(=O)OCC)C(C(=O)OCC)(C(=O)OCC)C2. The van der Waals surface area contributed by atoms with Gasteiger partial charge in [0.15, 0.2) is 16.5 Å². The molecule has 0 saturated carbocycles. The van der Waals surface area contributed by atoms with Crippen LogP contribution in [0.4, 0.5) is 0 Å². The van der Waals surface area contributed by atoms with E-state index < -0.39 is 59.5 Å². The van der Waals surface area contributed by atoms with Gasteiger partial charge in [0.05, 0.1) is 45.7 Å². The Kier molecular flexibility index (Phi) is 11.6. The molecule has 1 heterocycles. The van der Waals surface area contributed by atoms with Crippen molar-refractivity contribution in [2.24, 2.45) is 10.8 Å². The van der Waals surface area contributed by atoms with E-state index in [1.807, 2.05) is 0 Å². The van der Waals surface area contributed by atoms with E-state index in [9.17, 15) is 28.8 Å². The molecule has 0 N–H and O–H groups in total. The Morgan fingerprint density at radius 3 is 1.52 bits per heavy atom. The molecule has 46 heavy (non-hydrogen) atoms. The minimum absolute atomic E-state index is 0.0147. The predicted molar refractivity (Wildman–Crippen MR) is 161 cm³/mol. The molecule has 0 saturated heterocycles. The second-order valence-corrected chi connectivity index (χ2v) is 10.2. The molecular formula is C33H39NO12. The number of aryl methyl sites for hydroxylation is 1. The molecule has 0 aliphatic heterocycles. The third kappa shape index (κ3) is 5.93. The fraction of sp³-hybridized carbons (Fsp3) is 0.485. The van der Waals surface area contributed by atoms with Crippen molar-refractivity contribution in [2.45, 2.75) is 54.4 Å². The van der Waals surface area contributed by atoms with Crippen molar-refractivity contribution >= 4 is 35.8 Å². The van der Waals surface area contributed by atoms with Crippen LogP contribution in [-0.4, -0.2) is 80.9 Å². The molecule has 248 valence electrons. The van der Waals surface area contributed by atoms with Gasteiger partial charge in [-0.1, -0.05) is 18.2 Å². The lowest BCUT2D eigenvalue weighted by molar-refractivity contribution is -0.204. The number of esters is 6. The standard InChI is InChI=1S/C33H39NO12/c1-8-42-27(36)25-24(20-15-13-14-16-21(20)26(35)41-7)23-18-33(30(39)45-11-4,31(40)46-12-5)32(28(37)43-9-2,29(38)44-10-3)17-22(23)19(6)34-25/h13-16H,8-12,17-18H2,1-7H3. The Bertz CT molecular complexity index is 1490. The van der Waals surface area contributed by atoms with Crippen LogP contribution in [0.3, 0.4) is 0 Å². The van der Waals surface area contributed by atoms with E-state index in [1.54, 1.807) is 26.0 Å². The number of methoxy groups -OCH3 is 1. The summed E-state index contributed by atoms with van der Waals surface area (Å²) in [6.07, 6.45) is -1.31. The maximum Gasteiger partial charge on any atom is 0.357 e. The predicted octanol–water partition coefficient (Wildman–Crippen LogP) is 3.34. The zero-order valence-electron chi connectivity index (χ0n) is 27.1. The molecule has 0 amide bonds. The highest BCUT2D eigenvalue weighted by molar-refractivity contribution is 6.16. The summed E-state index contributed by atoms with van der Waals surface area (Å²) in [6.45, 7) is 8.27. The number of fused-ring (bicyclic) bond motifs is 1. The highest BCUT2D eigenvalue weighted by atomic mass is 16.6. The minimum atomic E-state index is -2.70. The number of hydrogen-bond donors (Lipinski definition) is 0. The molecule has 0 fully saturated rings. The summed E-state index contributed by atoms with van der Waals surface area (Å²) in [7, 11) is 1.19. The summed E-state index contributed by atoms with van der Waals surface area (Å²) in [5, 5.41) is 0. The van der Waals surface area contributed by atoms with Gasteiger partial charge in [0.1, 0.15) is 0 Å². The van der Waals surface area contributed by atoms with Gasteiger partial charge < -0.3 is 28.4 Å². The van der Waals surface area contributed by atoms with Crippen LogP contribution >= 0.6 is 0 Å². The molecular weight excluding hydrogens is 602 g/mol. The Morgan fingerprint density at radius 1 is 0.652 bits per heavy atom. The van der Waals surface area contributed by atoms with Gasteiger partial charge >= 0.3 is 35.8 Å². The van der Waals surface area contributed by atoms with Gasteiger partial charge in [-0.25, -0.2) is 14.6 Å². The molecule has 0 bridgehead atoms. The molecule has 1 aliphatic carbocycles. The highest BCUT2D eigenvalue weighted by Crippen LogP contribution is 2.55. The van der Waals surface area contributed by atoms with Crippen LogP contribution in [0, 0.1) is 17.8 Å². The molecule has 1 aromatic heterocycles. The zero-order chi connectivity index (χ0) is 34.2. The molecule has 1 aromatic carbocycles. The molecule has 0 unspecified atom stereocenters. The van der Waals surface area contributed by atoms with Crippen LogP contribution in [0.15, 0.2) is 24.3 Å². The van der Waals surface area contributed by atoms with E-state index in [-0.39, 0.29) is 72.2 Å². The van der Waals surface area contributed by atoms with Crippen LogP contribution in [0.2, 0.25) is 0 Å². The first-order valence-corrected chi connectivity index (χ1v) is 15.0. The highest BCUT2D eigenvalue weighted by Gasteiger charge is 2.75. The first kappa shape index (κ1) is 35.7. The molecule has 13 nitrogen and oxygen atoms in total. The lowest BCUT2D eigenvalue weighted by Gasteiger charge is -2.46. The topological polar surface area (TPSA) is 171 Å². The fourth-order valence-electron chi connectivity index (χ4n) is 5.86. The number of nitrogens with zero attached hydrogens (tertiary/aromatic N) is 1. The maximum absolute atomic E-state index is 14.2. The molecule has 13 heteroatoms. The Labute approximate surface area is 266 Å². The van der Waals surface area contributed by atoms with Gasteiger partial charge in [-0.3, -0.25) is 19.2 Å². The number of aromatic nitrogens is 1. The van der Waals surface area contributed by atoms with Gasteiger partial charge in [0.25, 0.3) is 0 Å². The average Bonchev–Trinajstić information content (AvgIpc) is 3.04. The normalized spacial score (nSPS) is 14.2. The van der Waals surface area contributed by atoms with Gasteiger partial charge in [-0.15, -0.1) is 0 Å². The molecule has 0 radical (unpaired) electrons. The lowest BCUT2D eigenvalue weighted by Crippen LogP contribution is -2.66. The quantitative estimate of drug-likeness (QED) is 0.188. The lowest BCUT2D eigenvalue weighted by atomic mass is 9.53. The van der Waals surface area contributed by atoms with Crippen molar-refractivity contribution < 1.29 is 57.2 Å². The van der Waals surface area contributed by atoms with Crippen molar-refractivity contribution in [3.8, 4) is 11.1 Å². The van der Waals surface area contributed by atoms with E-state index in [2.05, 4.69) is 4.98 Å². The number of carbonyl (C=O) groups is 6. The number of rotatable bonds is 12. The van der Waals surface area contributed by atoms with E-state index in [4.69, 9.17) is 28.4 Å². The Hall–Kier alpha value is -4.81. The first-order valence-electron chi connectivity index (χ1n) is 15.0. The molecule has 0 atom stereocenters. The Balaban J connectivity index is 2.67. The average molecular weight is 642 g/mol. The number of ether oxygens (including phenoxy) is 6. The maximum atomic E-state index is 14.2. The molecule has 0 spiro atoms. The van der Waals surface area contributed by atoms with Crippen LogP contribution in [-0.2, 0) is 60.4 Å². The number of hydrogen-bond acceptors (Lipinski definition) is 13. The Morgan fingerprint density at radius 2 is 1.09 bits per heavy atom. The molecule has 1 aliphatic rings. The largest absolute Gasteiger partial charge is 0.465 e. The molecule has 3 rings (SSSR count). The fourth-order valence-corrected chi connectivity index (χ4v) is 5.86. The van der Waals surface area contributed by atoms with Gasteiger partial charge in [0.2, 0.25) is 0 Å².